The second-order valence-corrected chi connectivity index (χ2v) is 20.9. The van der Waals surface area contributed by atoms with Crippen LogP contribution in [0.2, 0.25) is 45.8 Å². The fraction of sp³-hybridized carbons (Fsp3) is 0.933. The van der Waals surface area contributed by atoms with Crippen LogP contribution in [0.1, 0.15) is 20.3 Å². The van der Waals surface area contributed by atoms with Gasteiger partial charge in [-0.15, -0.1) is 0 Å². The van der Waals surface area contributed by atoms with Crippen molar-refractivity contribution in [3.05, 3.63) is 0 Å². The molecule has 1 N–H and O–H groups in total. The highest BCUT2D eigenvalue weighted by Crippen LogP contribution is 2.27. The number of carbonyl (C=O) groups is 1. The Morgan fingerprint density at radius 2 is 1.42 bits per heavy atom. The molecule has 0 aromatic carbocycles. The van der Waals surface area contributed by atoms with Crippen LogP contribution >= 0.6 is 0 Å². The van der Waals surface area contributed by atoms with Crippen molar-refractivity contribution in [2.24, 2.45) is 0 Å². The summed E-state index contributed by atoms with van der Waals surface area (Å²) in [4.78, 5) is 10.8. The molecule has 24 heavy (non-hydrogen) atoms. The first-order chi connectivity index (χ1) is 10.7. The molecule has 0 heterocycles. The summed E-state index contributed by atoms with van der Waals surface area (Å²) in [5.74, 6) is -0.413. The summed E-state index contributed by atoms with van der Waals surface area (Å²) in [6.45, 7) is 18.3. The normalized spacial score (nSPS) is 15.9. The van der Waals surface area contributed by atoms with Crippen LogP contribution < -0.4 is 0 Å². The standard InChI is InChI=1S/C15H36O6Si3/c1-10-15(19-12-14(17)11-18-13(2)16)24(9,20-22(3,4)5)21-23(6,7)8/h14-15,17H,10-12H2,1-9H3. The highest BCUT2D eigenvalue weighted by Gasteiger charge is 2.47. The van der Waals surface area contributed by atoms with Gasteiger partial charge >= 0.3 is 14.5 Å². The number of hydrogen-bond acceptors (Lipinski definition) is 6. The van der Waals surface area contributed by atoms with Gasteiger partial charge in [0, 0.05) is 6.92 Å². The molecule has 9 heteroatoms. The molecule has 0 rings (SSSR count). The van der Waals surface area contributed by atoms with Gasteiger partial charge < -0.3 is 22.8 Å². The van der Waals surface area contributed by atoms with Crippen LogP contribution in [0.15, 0.2) is 0 Å². The van der Waals surface area contributed by atoms with Crippen molar-refractivity contribution in [1.29, 1.82) is 0 Å². The number of aliphatic hydroxyl groups is 1. The molecule has 0 bridgehead atoms. The lowest BCUT2D eigenvalue weighted by Crippen LogP contribution is -2.61. The molecule has 0 amide bonds. The van der Waals surface area contributed by atoms with Crippen molar-refractivity contribution in [3.63, 3.8) is 0 Å². The van der Waals surface area contributed by atoms with Crippen LogP contribution in [0.4, 0.5) is 0 Å². The van der Waals surface area contributed by atoms with Gasteiger partial charge in [0.15, 0.2) is 16.6 Å². The van der Waals surface area contributed by atoms with Gasteiger partial charge in [0.1, 0.15) is 12.7 Å². The first-order valence-corrected chi connectivity index (χ1v) is 17.7. The zero-order valence-electron chi connectivity index (χ0n) is 16.8. The summed E-state index contributed by atoms with van der Waals surface area (Å²) < 4.78 is 23.7. The van der Waals surface area contributed by atoms with Crippen molar-refractivity contribution in [3.8, 4) is 0 Å². The Balaban J connectivity index is 5.01. The van der Waals surface area contributed by atoms with E-state index < -0.39 is 37.3 Å². The summed E-state index contributed by atoms with van der Waals surface area (Å²) in [5, 5.41) is 9.92. The molecule has 0 radical (unpaired) electrons. The minimum Gasteiger partial charge on any atom is -0.463 e. The minimum absolute atomic E-state index is 0.0617. The van der Waals surface area contributed by atoms with Crippen LogP contribution in [0.3, 0.4) is 0 Å². The maximum absolute atomic E-state index is 10.8. The Kier molecular flexibility index (Phi) is 9.59. The van der Waals surface area contributed by atoms with E-state index in [-0.39, 0.29) is 18.9 Å². The molecule has 0 aliphatic carbocycles. The third-order valence-corrected chi connectivity index (χ3v) is 12.8. The fourth-order valence-electron chi connectivity index (χ4n) is 2.50. The Bertz CT molecular complexity index is 376. The average molecular weight is 397 g/mol. The van der Waals surface area contributed by atoms with Gasteiger partial charge in [-0.1, -0.05) is 6.92 Å². The van der Waals surface area contributed by atoms with Crippen molar-refractivity contribution in [2.45, 2.75) is 77.9 Å². The van der Waals surface area contributed by atoms with Gasteiger partial charge in [0.05, 0.1) is 12.3 Å². The lowest BCUT2D eigenvalue weighted by molar-refractivity contribution is -0.145. The van der Waals surface area contributed by atoms with E-state index >= 15 is 0 Å². The van der Waals surface area contributed by atoms with Crippen LogP contribution in [0, 0.1) is 0 Å². The molecule has 2 atom stereocenters. The minimum atomic E-state index is -2.58. The highest BCUT2D eigenvalue weighted by atomic mass is 28.5. The van der Waals surface area contributed by atoms with E-state index in [2.05, 4.69) is 45.8 Å². The molecule has 0 saturated heterocycles. The number of hydrogen-bond donors (Lipinski definition) is 1. The van der Waals surface area contributed by atoms with Crippen LogP contribution in [-0.2, 0) is 22.5 Å². The first-order valence-electron chi connectivity index (χ1n) is 8.52. The molecule has 144 valence electrons. The maximum atomic E-state index is 10.8. The van der Waals surface area contributed by atoms with Crippen molar-refractivity contribution in [2.75, 3.05) is 13.2 Å². The molecule has 0 aliphatic rings. The average Bonchev–Trinajstić information content (AvgIpc) is 2.31. The van der Waals surface area contributed by atoms with E-state index in [0.717, 1.165) is 6.42 Å². The monoisotopic (exact) mass is 396 g/mol. The van der Waals surface area contributed by atoms with E-state index in [0.29, 0.717) is 0 Å². The quantitative estimate of drug-likeness (QED) is 0.427. The molecule has 0 aromatic heterocycles. The van der Waals surface area contributed by atoms with Crippen molar-refractivity contribution < 1.29 is 27.6 Å². The largest absolute Gasteiger partial charge is 0.463 e. The van der Waals surface area contributed by atoms with Crippen LogP contribution in [-0.4, -0.2) is 61.3 Å². The molecule has 2 unspecified atom stereocenters. The van der Waals surface area contributed by atoms with Gasteiger partial charge in [-0.25, -0.2) is 0 Å². The lowest BCUT2D eigenvalue weighted by atomic mass is 10.4. The zero-order valence-corrected chi connectivity index (χ0v) is 19.8. The number of ether oxygens (including phenoxy) is 2. The summed E-state index contributed by atoms with van der Waals surface area (Å²) in [7, 11) is -6.20. The first kappa shape index (κ1) is 24.0. The van der Waals surface area contributed by atoms with E-state index in [1.807, 2.05) is 6.92 Å². The predicted molar refractivity (Wildman–Crippen MR) is 103 cm³/mol. The zero-order chi connectivity index (χ0) is 19.2. The third kappa shape index (κ3) is 10.7. The van der Waals surface area contributed by atoms with Crippen molar-refractivity contribution >= 4 is 31.2 Å². The van der Waals surface area contributed by atoms with E-state index in [4.69, 9.17) is 17.7 Å². The van der Waals surface area contributed by atoms with Gasteiger partial charge in [-0.2, -0.15) is 0 Å². The lowest BCUT2D eigenvalue weighted by Gasteiger charge is -2.42. The SMILES string of the molecule is CCC(OCC(O)COC(C)=O)[Si](C)(O[Si](C)(C)C)O[Si](C)(C)C. The molecule has 0 aromatic rings. The second kappa shape index (κ2) is 9.60. The summed E-state index contributed by atoms with van der Waals surface area (Å²) in [6, 6.07) is 0. The number of aliphatic hydroxyl groups excluding tert-OH is 1. The Labute approximate surface area is 150 Å². The van der Waals surface area contributed by atoms with Crippen molar-refractivity contribution in [1.82, 2.24) is 0 Å². The third-order valence-electron chi connectivity index (χ3n) is 2.94. The second-order valence-electron chi connectivity index (χ2n) is 8.13. The maximum Gasteiger partial charge on any atom is 0.344 e. The number of rotatable bonds is 11. The van der Waals surface area contributed by atoms with Crippen LogP contribution in [0.5, 0.6) is 0 Å². The Morgan fingerprint density at radius 1 is 0.958 bits per heavy atom. The summed E-state index contributed by atoms with van der Waals surface area (Å²) in [5.41, 5.74) is -0.178. The van der Waals surface area contributed by atoms with Gasteiger partial charge in [0.2, 0.25) is 0 Å². The molecular formula is C15H36O6Si3. The highest BCUT2D eigenvalue weighted by molar-refractivity contribution is 6.88. The van der Waals surface area contributed by atoms with Gasteiger partial charge in [-0.3, -0.25) is 4.79 Å². The summed E-state index contributed by atoms with van der Waals surface area (Å²) in [6.07, 6.45) is -0.0993. The van der Waals surface area contributed by atoms with E-state index in [1.54, 1.807) is 0 Å². The molecule has 0 fully saturated rings. The van der Waals surface area contributed by atoms with Gasteiger partial charge in [0.25, 0.3) is 0 Å². The van der Waals surface area contributed by atoms with E-state index in [1.165, 1.54) is 6.92 Å². The summed E-state index contributed by atoms with van der Waals surface area (Å²) >= 11 is 0. The molecule has 6 nitrogen and oxygen atoms in total. The smallest absolute Gasteiger partial charge is 0.344 e. The Morgan fingerprint density at radius 3 is 1.75 bits per heavy atom. The van der Waals surface area contributed by atoms with Crippen LogP contribution in [0.25, 0.3) is 0 Å². The van der Waals surface area contributed by atoms with Gasteiger partial charge in [-0.05, 0) is 52.2 Å². The fourth-order valence-corrected chi connectivity index (χ4v) is 15.0. The van der Waals surface area contributed by atoms with E-state index in [9.17, 15) is 9.90 Å². The molecule has 0 saturated carbocycles. The number of esters is 1. The Hall–Kier alpha value is -0.0394. The topological polar surface area (TPSA) is 74.2 Å². The molecular weight excluding hydrogens is 360 g/mol. The molecule has 0 aliphatic heterocycles. The predicted octanol–water partition coefficient (Wildman–Crippen LogP) is 3.02. The molecule has 0 spiro atoms. The number of carbonyl (C=O) groups excluding carboxylic acids is 1.